The van der Waals surface area contributed by atoms with E-state index in [9.17, 15) is 9.90 Å². The molecule has 1 amide bonds. The number of carbonyl (C=O) groups excluding carboxylic acids is 1. The third kappa shape index (κ3) is 3.08. The summed E-state index contributed by atoms with van der Waals surface area (Å²) in [6.45, 7) is 5.83. The molecular formula is C12H16N2O2. The zero-order valence-corrected chi connectivity index (χ0v) is 9.69. The second-order valence-corrected chi connectivity index (χ2v) is 3.87. The molecule has 1 aromatic carbocycles. The molecule has 0 aromatic heterocycles. The number of aromatic hydroxyl groups is 1. The van der Waals surface area contributed by atoms with Crippen molar-refractivity contribution < 1.29 is 9.90 Å². The first-order valence-corrected chi connectivity index (χ1v) is 5.15. The quantitative estimate of drug-likeness (QED) is 0.605. The van der Waals surface area contributed by atoms with Gasteiger partial charge in [-0.25, -0.2) is 5.43 Å². The normalized spacial score (nSPS) is 11.6. The lowest BCUT2D eigenvalue weighted by Crippen LogP contribution is -2.20. The van der Waals surface area contributed by atoms with E-state index in [4.69, 9.17) is 0 Å². The van der Waals surface area contributed by atoms with Crippen LogP contribution in [-0.4, -0.2) is 16.7 Å². The van der Waals surface area contributed by atoms with Gasteiger partial charge in [0.1, 0.15) is 5.75 Å². The molecule has 86 valence electrons. The molecule has 0 radical (unpaired) electrons. The lowest BCUT2D eigenvalue weighted by molar-refractivity contribution is 0.0952. The molecule has 0 saturated heterocycles. The summed E-state index contributed by atoms with van der Waals surface area (Å²) in [7, 11) is 0. The topological polar surface area (TPSA) is 61.7 Å². The Labute approximate surface area is 95.0 Å². The van der Waals surface area contributed by atoms with E-state index in [2.05, 4.69) is 10.5 Å². The van der Waals surface area contributed by atoms with Crippen LogP contribution in [0.15, 0.2) is 29.4 Å². The number of para-hydroxylation sites is 1. The standard InChI is InChI=1S/C12H16N2O2/c1-8(2)9(3)13-14-12(16)10-6-4-5-7-11(10)15/h4-8,15H,1-3H3,(H,14,16). The molecule has 0 aliphatic carbocycles. The van der Waals surface area contributed by atoms with Crippen LogP contribution in [0.4, 0.5) is 0 Å². The predicted molar refractivity (Wildman–Crippen MR) is 63.5 cm³/mol. The van der Waals surface area contributed by atoms with Gasteiger partial charge in [-0.2, -0.15) is 5.10 Å². The van der Waals surface area contributed by atoms with Gasteiger partial charge in [-0.1, -0.05) is 26.0 Å². The second kappa shape index (κ2) is 5.30. The van der Waals surface area contributed by atoms with Gasteiger partial charge in [0.05, 0.1) is 5.56 Å². The Morgan fingerprint density at radius 2 is 2.00 bits per heavy atom. The molecule has 0 atom stereocenters. The fraction of sp³-hybridized carbons (Fsp3) is 0.333. The average molecular weight is 220 g/mol. The minimum absolute atomic E-state index is 0.0441. The summed E-state index contributed by atoms with van der Waals surface area (Å²) in [6.07, 6.45) is 0. The molecule has 0 fully saturated rings. The number of phenolic OH excluding ortho intramolecular Hbond substituents is 1. The Bertz CT molecular complexity index is 411. The van der Waals surface area contributed by atoms with Crippen LogP contribution in [0.3, 0.4) is 0 Å². The summed E-state index contributed by atoms with van der Waals surface area (Å²) in [4.78, 5) is 11.6. The fourth-order valence-corrected chi connectivity index (χ4v) is 0.994. The van der Waals surface area contributed by atoms with Crippen molar-refractivity contribution in [3.63, 3.8) is 0 Å². The van der Waals surface area contributed by atoms with Crippen molar-refractivity contribution in [1.29, 1.82) is 0 Å². The molecule has 4 nitrogen and oxygen atoms in total. The van der Waals surface area contributed by atoms with E-state index in [0.29, 0.717) is 0 Å². The molecule has 0 unspecified atom stereocenters. The number of benzene rings is 1. The number of phenols is 1. The maximum atomic E-state index is 11.6. The Kier molecular flexibility index (Phi) is 4.05. The van der Waals surface area contributed by atoms with Crippen molar-refractivity contribution in [2.24, 2.45) is 11.0 Å². The van der Waals surface area contributed by atoms with Gasteiger partial charge in [0, 0.05) is 5.71 Å². The maximum Gasteiger partial charge on any atom is 0.275 e. The molecular weight excluding hydrogens is 204 g/mol. The number of nitrogens with zero attached hydrogens (tertiary/aromatic N) is 1. The van der Waals surface area contributed by atoms with Crippen LogP contribution in [0.5, 0.6) is 5.75 Å². The molecule has 0 spiro atoms. The number of hydrazone groups is 1. The molecule has 0 heterocycles. The van der Waals surface area contributed by atoms with Crippen LogP contribution in [0.2, 0.25) is 0 Å². The summed E-state index contributed by atoms with van der Waals surface area (Å²) in [6, 6.07) is 6.36. The molecule has 0 aliphatic heterocycles. The summed E-state index contributed by atoms with van der Waals surface area (Å²) >= 11 is 0. The number of nitrogens with one attached hydrogen (secondary N) is 1. The van der Waals surface area contributed by atoms with Gasteiger partial charge < -0.3 is 5.11 Å². The summed E-state index contributed by atoms with van der Waals surface area (Å²) in [5, 5.41) is 13.4. The molecule has 0 bridgehead atoms. The molecule has 0 saturated carbocycles. The van der Waals surface area contributed by atoms with E-state index in [1.165, 1.54) is 6.07 Å². The third-order valence-electron chi connectivity index (χ3n) is 2.32. The highest BCUT2D eigenvalue weighted by molar-refractivity contribution is 5.97. The zero-order chi connectivity index (χ0) is 12.1. The minimum Gasteiger partial charge on any atom is -0.507 e. The minimum atomic E-state index is -0.405. The lowest BCUT2D eigenvalue weighted by atomic mass is 10.1. The molecule has 1 aromatic rings. The summed E-state index contributed by atoms with van der Waals surface area (Å²) in [5.74, 6) is -0.167. The van der Waals surface area contributed by atoms with Gasteiger partial charge in [-0.05, 0) is 25.0 Å². The third-order valence-corrected chi connectivity index (χ3v) is 2.32. The maximum absolute atomic E-state index is 11.6. The highest BCUT2D eigenvalue weighted by Gasteiger charge is 2.09. The van der Waals surface area contributed by atoms with Crippen LogP contribution in [-0.2, 0) is 0 Å². The first kappa shape index (κ1) is 12.2. The van der Waals surface area contributed by atoms with Crippen LogP contribution >= 0.6 is 0 Å². The predicted octanol–water partition coefficient (Wildman–Crippen LogP) is 2.15. The zero-order valence-electron chi connectivity index (χ0n) is 9.69. The van der Waals surface area contributed by atoms with Crippen molar-refractivity contribution >= 4 is 11.6 Å². The van der Waals surface area contributed by atoms with Gasteiger partial charge in [-0.15, -0.1) is 0 Å². The SMILES string of the molecule is CC(=NNC(=O)c1ccccc1O)C(C)C. The van der Waals surface area contributed by atoms with Crippen LogP contribution in [0.25, 0.3) is 0 Å². The molecule has 16 heavy (non-hydrogen) atoms. The fourth-order valence-electron chi connectivity index (χ4n) is 0.994. The molecule has 1 rings (SSSR count). The first-order valence-electron chi connectivity index (χ1n) is 5.15. The van der Waals surface area contributed by atoms with E-state index in [0.717, 1.165) is 5.71 Å². The van der Waals surface area contributed by atoms with Crippen molar-refractivity contribution in [3.05, 3.63) is 29.8 Å². The van der Waals surface area contributed by atoms with Gasteiger partial charge in [-0.3, -0.25) is 4.79 Å². The van der Waals surface area contributed by atoms with E-state index in [1.807, 2.05) is 20.8 Å². The number of rotatable bonds is 3. The van der Waals surface area contributed by atoms with E-state index < -0.39 is 5.91 Å². The van der Waals surface area contributed by atoms with Crippen LogP contribution in [0, 0.1) is 5.92 Å². The monoisotopic (exact) mass is 220 g/mol. The first-order chi connectivity index (χ1) is 7.52. The number of hydrogen-bond donors (Lipinski definition) is 2. The largest absolute Gasteiger partial charge is 0.507 e. The van der Waals surface area contributed by atoms with Crippen molar-refractivity contribution in [1.82, 2.24) is 5.43 Å². The summed E-state index contributed by atoms with van der Waals surface area (Å²) < 4.78 is 0. The highest BCUT2D eigenvalue weighted by atomic mass is 16.3. The molecule has 0 aliphatic rings. The molecule has 4 heteroatoms. The lowest BCUT2D eigenvalue weighted by Gasteiger charge is -2.05. The van der Waals surface area contributed by atoms with Crippen molar-refractivity contribution in [3.8, 4) is 5.75 Å². The Balaban J connectivity index is 2.74. The van der Waals surface area contributed by atoms with Crippen LogP contribution in [0.1, 0.15) is 31.1 Å². The smallest absolute Gasteiger partial charge is 0.275 e. The van der Waals surface area contributed by atoms with Gasteiger partial charge in [0.2, 0.25) is 0 Å². The number of amides is 1. The average Bonchev–Trinajstić information content (AvgIpc) is 2.25. The second-order valence-electron chi connectivity index (χ2n) is 3.87. The van der Waals surface area contributed by atoms with E-state index >= 15 is 0 Å². The van der Waals surface area contributed by atoms with Gasteiger partial charge >= 0.3 is 0 Å². The Morgan fingerprint density at radius 3 is 2.56 bits per heavy atom. The number of hydrogen-bond acceptors (Lipinski definition) is 3. The Hall–Kier alpha value is -1.84. The van der Waals surface area contributed by atoms with Gasteiger partial charge in [0.25, 0.3) is 5.91 Å². The highest BCUT2D eigenvalue weighted by Crippen LogP contribution is 2.14. The Morgan fingerprint density at radius 1 is 1.38 bits per heavy atom. The molecule has 2 N–H and O–H groups in total. The number of carbonyl (C=O) groups is 1. The van der Waals surface area contributed by atoms with Gasteiger partial charge in [0.15, 0.2) is 0 Å². The van der Waals surface area contributed by atoms with Crippen LogP contribution < -0.4 is 5.43 Å². The summed E-state index contributed by atoms with van der Waals surface area (Å²) in [5.41, 5.74) is 3.47. The van der Waals surface area contributed by atoms with E-state index in [-0.39, 0.29) is 17.2 Å². The van der Waals surface area contributed by atoms with Crippen molar-refractivity contribution in [2.75, 3.05) is 0 Å². The van der Waals surface area contributed by atoms with Crippen molar-refractivity contribution in [2.45, 2.75) is 20.8 Å². The van der Waals surface area contributed by atoms with E-state index in [1.54, 1.807) is 18.2 Å².